The zero-order valence-corrected chi connectivity index (χ0v) is 12.9. The highest BCUT2D eigenvalue weighted by molar-refractivity contribution is 5.78. The molecule has 1 rings (SSSR count). The molecule has 3 atom stereocenters. The Kier molecular flexibility index (Phi) is 7.31. The van der Waals surface area contributed by atoms with Gasteiger partial charge in [-0.15, -0.1) is 0 Å². The van der Waals surface area contributed by atoms with Crippen molar-refractivity contribution in [2.24, 2.45) is 11.7 Å². The van der Waals surface area contributed by atoms with E-state index in [0.717, 1.165) is 25.7 Å². The first-order valence-corrected chi connectivity index (χ1v) is 7.59. The summed E-state index contributed by atoms with van der Waals surface area (Å²) in [5.74, 6) is 0.213. The molecular weight excluding hydrogens is 248 g/mol. The van der Waals surface area contributed by atoms with Crippen molar-refractivity contribution >= 4 is 5.91 Å². The van der Waals surface area contributed by atoms with Crippen LogP contribution in [0.25, 0.3) is 0 Å². The number of nitrogens with one attached hydrogen (secondary N) is 1. The maximum Gasteiger partial charge on any atom is 0.223 e. The summed E-state index contributed by atoms with van der Waals surface area (Å²) in [7, 11) is 0. The molecule has 0 heterocycles. The first kappa shape index (κ1) is 16.7. The third kappa shape index (κ3) is 6.71. The van der Waals surface area contributed by atoms with Crippen molar-refractivity contribution in [3.8, 4) is 0 Å². The van der Waals surface area contributed by atoms with E-state index in [2.05, 4.69) is 24.4 Å². The molecule has 0 spiro atoms. The highest BCUT2D eigenvalue weighted by Crippen LogP contribution is 2.10. The Balaban J connectivity index is 2.30. The minimum atomic E-state index is 0.0620. The maximum absolute atomic E-state index is 12.1. The number of hydrogen-bond donors (Lipinski definition) is 2. The van der Waals surface area contributed by atoms with Gasteiger partial charge in [-0.25, -0.2) is 0 Å². The number of carbonyl (C=O) groups is 1. The lowest BCUT2D eigenvalue weighted by Gasteiger charge is -2.18. The zero-order chi connectivity index (χ0) is 15.0. The highest BCUT2D eigenvalue weighted by atomic mass is 16.1. The van der Waals surface area contributed by atoms with Gasteiger partial charge in [0.25, 0.3) is 0 Å². The van der Waals surface area contributed by atoms with Crippen molar-refractivity contribution in [2.45, 2.75) is 58.5 Å². The van der Waals surface area contributed by atoms with Gasteiger partial charge in [0.1, 0.15) is 0 Å². The van der Waals surface area contributed by atoms with Gasteiger partial charge in [-0.1, -0.05) is 43.7 Å². The molecule has 112 valence electrons. The predicted octanol–water partition coefficient (Wildman–Crippen LogP) is 2.89. The Morgan fingerprint density at radius 1 is 1.15 bits per heavy atom. The molecule has 1 amide bonds. The van der Waals surface area contributed by atoms with Crippen LogP contribution in [0.3, 0.4) is 0 Å². The minimum absolute atomic E-state index is 0.0620. The molecule has 0 radical (unpaired) electrons. The summed E-state index contributed by atoms with van der Waals surface area (Å²) in [4.78, 5) is 12.1. The van der Waals surface area contributed by atoms with Gasteiger partial charge in [0.05, 0.1) is 0 Å². The molecule has 0 saturated heterocycles. The lowest BCUT2D eigenvalue weighted by atomic mass is 10.0. The van der Waals surface area contributed by atoms with Crippen molar-refractivity contribution in [3.05, 3.63) is 35.9 Å². The van der Waals surface area contributed by atoms with E-state index in [9.17, 15) is 4.79 Å². The molecule has 1 aromatic carbocycles. The Labute approximate surface area is 122 Å². The van der Waals surface area contributed by atoms with Gasteiger partial charge in [-0.05, 0) is 38.7 Å². The van der Waals surface area contributed by atoms with Crippen molar-refractivity contribution in [2.75, 3.05) is 0 Å². The molecule has 3 heteroatoms. The average molecular weight is 276 g/mol. The van der Waals surface area contributed by atoms with Gasteiger partial charge in [0.2, 0.25) is 5.91 Å². The fraction of sp³-hybridized carbons (Fsp3) is 0.588. The van der Waals surface area contributed by atoms with E-state index < -0.39 is 0 Å². The van der Waals surface area contributed by atoms with Gasteiger partial charge < -0.3 is 11.1 Å². The summed E-state index contributed by atoms with van der Waals surface area (Å²) < 4.78 is 0. The van der Waals surface area contributed by atoms with Crippen molar-refractivity contribution in [1.29, 1.82) is 0 Å². The molecule has 0 aliphatic heterocycles. The summed E-state index contributed by atoms with van der Waals surface area (Å²) >= 11 is 0. The smallest absolute Gasteiger partial charge is 0.223 e. The standard InChI is InChI=1S/C17H28N2O/c1-13(8-7-9-14(2)18)17(20)19-15(3)12-16-10-5-4-6-11-16/h4-6,10-11,13-15H,7-9,12,18H2,1-3H3,(H,19,20). The molecule has 1 aromatic rings. The van der Waals surface area contributed by atoms with Crippen LogP contribution in [0.5, 0.6) is 0 Å². The summed E-state index contributed by atoms with van der Waals surface area (Å²) in [5.41, 5.74) is 6.98. The van der Waals surface area contributed by atoms with Crippen molar-refractivity contribution in [1.82, 2.24) is 5.32 Å². The number of carbonyl (C=O) groups excluding carboxylic acids is 1. The molecular formula is C17H28N2O. The fourth-order valence-corrected chi connectivity index (χ4v) is 2.28. The molecule has 0 bridgehead atoms. The average Bonchev–Trinajstić information content (AvgIpc) is 2.39. The van der Waals surface area contributed by atoms with Gasteiger partial charge in [0, 0.05) is 18.0 Å². The van der Waals surface area contributed by atoms with Gasteiger partial charge in [-0.3, -0.25) is 4.79 Å². The number of amides is 1. The molecule has 3 N–H and O–H groups in total. The van der Waals surface area contributed by atoms with Gasteiger partial charge in [0.15, 0.2) is 0 Å². The summed E-state index contributed by atoms with van der Waals surface area (Å²) in [5, 5.41) is 3.10. The fourth-order valence-electron chi connectivity index (χ4n) is 2.28. The number of rotatable bonds is 8. The van der Waals surface area contributed by atoms with Crippen molar-refractivity contribution in [3.63, 3.8) is 0 Å². The molecule has 0 aromatic heterocycles. The van der Waals surface area contributed by atoms with E-state index in [-0.39, 0.29) is 23.9 Å². The number of nitrogens with two attached hydrogens (primary N) is 1. The predicted molar refractivity (Wildman–Crippen MR) is 84.4 cm³/mol. The van der Waals surface area contributed by atoms with E-state index in [0.29, 0.717) is 0 Å². The lowest BCUT2D eigenvalue weighted by molar-refractivity contribution is -0.125. The second-order valence-corrected chi connectivity index (χ2v) is 5.91. The van der Waals surface area contributed by atoms with Crippen LogP contribution in [-0.2, 0) is 11.2 Å². The van der Waals surface area contributed by atoms with E-state index in [1.807, 2.05) is 32.0 Å². The zero-order valence-electron chi connectivity index (χ0n) is 12.9. The first-order valence-electron chi connectivity index (χ1n) is 7.59. The van der Waals surface area contributed by atoms with Crippen LogP contribution in [0.4, 0.5) is 0 Å². The molecule has 0 saturated carbocycles. The minimum Gasteiger partial charge on any atom is -0.353 e. The molecule has 0 fully saturated rings. The third-order valence-corrected chi connectivity index (χ3v) is 3.52. The molecule has 3 nitrogen and oxygen atoms in total. The summed E-state index contributed by atoms with van der Waals surface area (Å²) in [6.07, 6.45) is 3.78. The molecule has 20 heavy (non-hydrogen) atoms. The highest BCUT2D eigenvalue weighted by Gasteiger charge is 2.15. The third-order valence-electron chi connectivity index (χ3n) is 3.52. The van der Waals surface area contributed by atoms with Crippen LogP contribution in [0.1, 0.15) is 45.6 Å². The van der Waals surface area contributed by atoms with Crippen molar-refractivity contribution < 1.29 is 4.79 Å². The van der Waals surface area contributed by atoms with Crippen LogP contribution in [-0.4, -0.2) is 18.0 Å². The number of hydrogen-bond acceptors (Lipinski definition) is 2. The second kappa shape index (κ2) is 8.75. The van der Waals surface area contributed by atoms with Crippen LogP contribution < -0.4 is 11.1 Å². The summed E-state index contributed by atoms with van der Waals surface area (Å²) in [6, 6.07) is 10.6. The SMILES string of the molecule is CC(N)CCCC(C)C(=O)NC(C)Cc1ccccc1. The number of benzene rings is 1. The summed E-state index contributed by atoms with van der Waals surface area (Å²) in [6.45, 7) is 6.05. The maximum atomic E-state index is 12.1. The molecule has 0 aliphatic carbocycles. The van der Waals surface area contributed by atoms with Crippen LogP contribution in [0, 0.1) is 5.92 Å². The first-order chi connectivity index (χ1) is 9.49. The molecule has 3 unspecified atom stereocenters. The normalized spacial score (nSPS) is 15.4. The quantitative estimate of drug-likeness (QED) is 0.767. The Hall–Kier alpha value is -1.35. The van der Waals surface area contributed by atoms with Crippen LogP contribution >= 0.6 is 0 Å². The van der Waals surface area contributed by atoms with E-state index in [1.54, 1.807) is 0 Å². The second-order valence-electron chi connectivity index (χ2n) is 5.91. The van der Waals surface area contributed by atoms with Crippen LogP contribution in [0.15, 0.2) is 30.3 Å². The topological polar surface area (TPSA) is 55.1 Å². The molecule has 0 aliphatic rings. The Morgan fingerprint density at radius 3 is 2.40 bits per heavy atom. The van der Waals surface area contributed by atoms with E-state index >= 15 is 0 Å². The largest absolute Gasteiger partial charge is 0.353 e. The van der Waals surface area contributed by atoms with Gasteiger partial charge in [-0.2, -0.15) is 0 Å². The van der Waals surface area contributed by atoms with Gasteiger partial charge >= 0.3 is 0 Å². The Bertz CT molecular complexity index is 389. The van der Waals surface area contributed by atoms with E-state index in [4.69, 9.17) is 5.73 Å². The monoisotopic (exact) mass is 276 g/mol. The van der Waals surface area contributed by atoms with Crippen LogP contribution in [0.2, 0.25) is 0 Å². The lowest BCUT2D eigenvalue weighted by Crippen LogP contribution is -2.37. The van der Waals surface area contributed by atoms with E-state index in [1.165, 1.54) is 5.56 Å². The Morgan fingerprint density at radius 2 is 1.80 bits per heavy atom.